The van der Waals surface area contributed by atoms with Gasteiger partial charge in [0.1, 0.15) is 22.3 Å². The van der Waals surface area contributed by atoms with E-state index in [1.165, 1.54) is 53.6 Å². The second-order valence-electron chi connectivity index (χ2n) is 16.8. The van der Waals surface area contributed by atoms with Gasteiger partial charge < -0.3 is 13.7 Å². The fraction of sp³-hybridized carbons (Fsp3) is 0.0526. The molecule has 0 spiro atoms. The van der Waals surface area contributed by atoms with Crippen LogP contribution in [0.25, 0.3) is 97.4 Å². The molecule has 0 N–H and O–H groups in total. The Morgan fingerprint density at radius 1 is 0.443 bits per heavy atom. The first kappa shape index (κ1) is 34.5. The van der Waals surface area contributed by atoms with Crippen LogP contribution in [0.1, 0.15) is 25.0 Å². The summed E-state index contributed by atoms with van der Waals surface area (Å²) < 4.78 is 16.4. The van der Waals surface area contributed by atoms with Crippen LogP contribution in [-0.4, -0.2) is 0 Å². The smallest absolute Gasteiger partial charge is 0.144 e. The van der Waals surface area contributed by atoms with Crippen molar-refractivity contribution in [3.8, 4) is 33.4 Å². The number of fused-ring (bicyclic) bond motifs is 12. The summed E-state index contributed by atoms with van der Waals surface area (Å²) in [6, 6.07) is 68.0. The van der Waals surface area contributed by atoms with Crippen molar-refractivity contribution >= 4 is 92.4 Å². The molecule has 0 aliphatic heterocycles. The zero-order valence-electron chi connectivity index (χ0n) is 33.6. The normalized spacial score (nSPS) is 13.2. The molecule has 0 atom stereocenters. The van der Waals surface area contributed by atoms with Gasteiger partial charge in [0.25, 0.3) is 0 Å². The quantitative estimate of drug-likeness (QED) is 0.174. The number of thiophene rings is 1. The van der Waals surface area contributed by atoms with Gasteiger partial charge in [-0.15, -0.1) is 11.3 Å². The van der Waals surface area contributed by atoms with E-state index in [-0.39, 0.29) is 5.41 Å². The summed E-state index contributed by atoms with van der Waals surface area (Å²) in [5.41, 5.74) is 16.3. The predicted molar refractivity (Wildman–Crippen MR) is 257 cm³/mol. The topological polar surface area (TPSA) is 29.5 Å². The number of hydrogen-bond donors (Lipinski definition) is 0. The highest BCUT2D eigenvalue weighted by molar-refractivity contribution is 7.26. The molecule has 0 saturated carbocycles. The van der Waals surface area contributed by atoms with Crippen LogP contribution in [0.3, 0.4) is 0 Å². The van der Waals surface area contributed by atoms with E-state index in [0.717, 1.165) is 72.1 Å². The van der Waals surface area contributed by atoms with Gasteiger partial charge in [0.05, 0.1) is 21.5 Å². The molecule has 1 aliphatic carbocycles. The third-order valence-corrected chi connectivity index (χ3v) is 14.3. The summed E-state index contributed by atoms with van der Waals surface area (Å²) in [6.07, 6.45) is 0. The van der Waals surface area contributed by atoms with Crippen molar-refractivity contribution in [1.82, 2.24) is 0 Å². The van der Waals surface area contributed by atoms with E-state index < -0.39 is 0 Å². The molecule has 9 aromatic carbocycles. The minimum absolute atomic E-state index is 0.163. The Bertz CT molecular complexity index is 3740. The largest absolute Gasteiger partial charge is 0.456 e. The fourth-order valence-corrected chi connectivity index (χ4v) is 11.4. The molecule has 0 unspecified atom stereocenters. The summed E-state index contributed by atoms with van der Waals surface area (Å²) in [5.74, 6) is 0. The molecule has 3 heterocycles. The summed E-state index contributed by atoms with van der Waals surface area (Å²) >= 11 is 1.86. The van der Waals surface area contributed by atoms with Crippen LogP contribution >= 0.6 is 11.3 Å². The Labute approximate surface area is 356 Å². The molecular formula is C57H37NO2S. The van der Waals surface area contributed by atoms with Crippen LogP contribution in [0.2, 0.25) is 0 Å². The van der Waals surface area contributed by atoms with Crippen LogP contribution in [0.15, 0.2) is 197 Å². The molecule has 3 aromatic heterocycles. The van der Waals surface area contributed by atoms with Crippen LogP contribution < -0.4 is 4.90 Å². The van der Waals surface area contributed by atoms with Crippen molar-refractivity contribution in [3.05, 3.63) is 199 Å². The molecule has 0 saturated heterocycles. The van der Waals surface area contributed by atoms with Gasteiger partial charge in [-0.2, -0.15) is 0 Å². The lowest BCUT2D eigenvalue weighted by atomic mass is 9.82. The lowest BCUT2D eigenvalue weighted by Crippen LogP contribution is -2.16. The third kappa shape index (κ3) is 4.97. The van der Waals surface area contributed by atoms with Crippen molar-refractivity contribution in [2.24, 2.45) is 0 Å². The van der Waals surface area contributed by atoms with E-state index in [0.29, 0.717) is 0 Å². The van der Waals surface area contributed by atoms with Crippen molar-refractivity contribution in [2.75, 3.05) is 4.90 Å². The monoisotopic (exact) mass is 799 g/mol. The average molecular weight is 800 g/mol. The summed E-state index contributed by atoms with van der Waals surface area (Å²) in [7, 11) is 0. The predicted octanol–water partition coefficient (Wildman–Crippen LogP) is 17.0. The van der Waals surface area contributed by atoms with Gasteiger partial charge in [-0.05, 0) is 87.5 Å². The third-order valence-electron chi connectivity index (χ3n) is 13.1. The first-order valence-corrected chi connectivity index (χ1v) is 21.7. The molecule has 1 aliphatic rings. The Kier molecular flexibility index (Phi) is 7.23. The number of benzene rings is 9. The number of anilines is 3. The highest BCUT2D eigenvalue weighted by atomic mass is 32.1. The van der Waals surface area contributed by atoms with E-state index in [1.54, 1.807) is 0 Å². The molecule has 61 heavy (non-hydrogen) atoms. The van der Waals surface area contributed by atoms with Gasteiger partial charge in [0.15, 0.2) is 0 Å². The molecule has 12 aromatic rings. The van der Waals surface area contributed by atoms with Crippen molar-refractivity contribution in [3.63, 3.8) is 0 Å². The van der Waals surface area contributed by atoms with Gasteiger partial charge in [0, 0.05) is 48.3 Å². The Morgan fingerprint density at radius 3 is 2.00 bits per heavy atom. The zero-order chi connectivity index (χ0) is 40.4. The first-order valence-electron chi connectivity index (χ1n) is 20.9. The van der Waals surface area contributed by atoms with E-state index >= 15 is 0 Å². The van der Waals surface area contributed by atoms with Gasteiger partial charge in [-0.3, -0.25) is 0 Å². The summed E-state index contributed by atoms with van der Waals surface area (Å²) in [5, 5.41) is 6.72. The van der Waals surface area contributed by atoms with Gasteiger partial charge >= 0.3 is 0 Å². The standard InChI is InChI=1S/C57H37NO2S/c1-57(2)44-20-9-6-16-38(44)39-31-30-37(32-45(39)57)58(47-22-12-19-41-40-17-8-11-25-51(40)61-56(41)47)46-21-13-24-49-53(46)43-33-50-54(42-18-7-10-23-48(42)59-50)52(55(43)60-49)36-28-26-35(27-29-36)34-14-4-3-5-15-34/h3-33H,1-2H3. The molecule has 3 nitrogen and oxygen atoms in total. The molecule has 0 radical (unpaired) electrons. The molecule has 0 fully saturated rings. The van der Waals surface area contributed by atoms with Gasteiger partial charge in [0.2, 0.25) is 0 Å². The van der Waals surface area contributed by atoms with Crippen molar-refractivity contribution in [2.45, 2.75) is 19.3 Å². The maximum atomic E-state index is 7.16. The van der Waals surface area contributed by atoms with Crippen LogP contribution in [-0.2, 0) is 5.41 Å². The van der Waals surface area contributed by atoms with Crippen LogP contribution in [0.4, 0.5) is 17.1 Å². The summed E-state index contributed by atoms with van der Waals surface area (Å²) in [4.78, 5) is 2.48. The summed E-state index contributed by atoms with van der Waals surface area (Å²) in [6.45, 7) is 4.71. The maximum Gasteiger partial charge on any atom is 0.144 e. The molecule has 13 rings (SSSR count). The van der Waals surface area contributed by atoms with Crippen molar-refractivity contribution in [1.29, 1.82) is 0 Å². The SMILES string of the molecule is CC1(C)c2ccccc2-c2ccc(N(c3cccc4c3sc3ccccc34)c3cccc4oc5c(-c6ccc(-c7ccccc7)cc6)c6c(cc5c34)oc3ccccc36)cc21. The maximum absolute atomic E-state index is 7.16. The highest BCUT2D eigenvalue weighted by Gasteiger charge is 2.36. The van der Waals surface area contributed by atoms with Crippen LogP contribution in [0.5, 0.6) is 0 Å². The minimum atomic E-state index is -0.163. The lowest BCUT2D eigenvalue weighted by Gasteiger charge is -2.29. The fourth-order valence-electron chi connectivity index (χ4n) is 10.2. The Balaban J connectivity index is 1.11. The number of furan rings is 2. The molecular weight excluding hydrogens is 763 g/mol. The number of rotatable bonds is 5. The highest BCUT2D eigenvalue weighted by Crippen LogP contribution is 2.54. The lowest BCUT2D eigenvalue weighted by molar-refractivity contribution is 0.660. The van der Waals surface area contributed by atoms with E-state index in [2.05, 4.69) is 201 Å². The second-order valence-corrected chi connectivity index (χ2v) is 17.8. The Morgan fingerprint density at radius 2 is 1.11 bits per heavy atom. The number of hydrogen-bond acceptors (Lipinski definition) is 4. The molecule has 4 heteroatoms. The van der Waals surface area contributed by atoms with Crippen LogP contribution in [0, 0.1) is 0 Å². The molecule has 0 amide bonds. The van der Waals surface area contributed by atoms with E-state index in [1.807, 2.05) is 17.4 Å². The second kappa shape index (κ2) is 12.8. The zero-order valence-corrected chi connectivity index (χ0v) is 34.4. The number of para-hydroxylation sites is 1. The van der Waals surface area contributed by atoms with E-state index in [9.17, 15) is 0 Å². The Hall–Kier alpha value is -7.40. The van der Waals surface area contributed by atoms with Crippen molar-refractivity contribution < 1.29 is 8.83 Å². The molecule has 0 bridgehead atoms. The number of nitrogens with zero attached hydrogens (tertiary/aromatic N) is 1. The van der Waals surface area contributed by atoms with Gasteiger partial charge in [-0.1, -0.05) is 153 Å². The average Bonchev–Trinajstić information content (AvgIpc) is 4.05. The molecule has 288 valence electrons. The van der Waals surface area contributed by atoms with Gasteiger partial charge in [-0.25, -0.2) is 0 Å². The first-order chi connectivity index (χ1) is 30.0. The van der Waals surface area contributed by atoms with E-state index in [4.69, 9.17) is 8.83 Å². The minimum Gasteiger partial charge on any atom is -0.456 e.